The molecule has 5 heteroatoms. The number of benzene rings is 9. The Morgan fingerprint density at radius 3 is 1.98 bits per heavy atom. The summed E-state index contributed by atoms with van der Waals surface area (Å²) in [5.41, 5.74) is 13.5. The van der Waals surface area contributed by atoms with Crippen molar-refractivity contribution >= 4 is 93.7 Å². The quantitative estimate of drug-likeness (QED) is 0.174. The van der Waals surface area contributed by atoms with Gasteiger partial charge in [0.05, 0.1) is 28.1 Å². The van der Waals surface area contributed by atoms with Gasteiger partial charge >= 0.3 is 0 Å². The first kappa shape index (κ1) is 36.4. The standard InChI is InChI=1S/C59H39N3O2/c1-36-29-31-49(45-25-14-24-44-43-22-8-11-27-53(43)63-57(44)45)60-59(61-56(36)41-20-13-19-38(33-41)37-15-3-2-4-16-37)47-30-32-51(58-55(47)46-23-9-12-28-54(46)64-58)62-50-26-10-7-21-42(50)48-34-39-17-5-6-18-40(39)35-52(48)62/h2-28,30-36H,29H2,1H3/b49-31+,60-59-,61-56+. The first-order valence-electron chi connectivity index (χ1n) is 22.0. The smallest absolute Gasteiger partial charge is 0.160 e. The lowest BCUT2D eigenvalue weighted by molar-refractivity contribution is 0.666. The van der Waals surface area contributed by atoms with Gasteiger partial charge in [0.25, 0.3) is 0 Å². The third-order valence-electron chi connectivity index (χ3n) is 13.1. The van der Waals surface area contributed by atoms with Crippen molar-refractivity contribution in [1.29, 1.82) is 0 Å². The van der Waals surface area contributed by atoms with Crippen LogP contribution in [0, 0.1) is 5.92 Å². The lowest BCUT2D eigenvalue weighted by Gasteiger charge is -2.19. The van der Waals surface area contributed by atoms with Gasteiger partial charge in [-0.15, -0.1) is 0 Å². The summed E-state index contributed by atoms with van der Waals surface area (Å²) in [6, 6.07) is 68.5. The Balaban J connectivity index is 1.09. The zero-order chi connectivity index (χ0) is 42.3. The number of rotatable bonds is 5. The third kappa shape index (κ3) is 5.71. The van der Waals surface area contributed by atoms with Crippen LogP contribution < -0.4 is 0 Å². The van der Waals surface area contributed by atoms with Crippen molar-refractivity contribution in [3.05, 3.63) is 217 Å². The number of allylic oxidation sites excluding steroid dienone is 1. The first-order chi connectivity index (χ1) is 31.6. The van der Waals surface area contributed by atoms with Gasteiger partial charge in [-0.05, 0) is 88.5 Å². The monoisotopic (exact) mass is 821 g/mol. The Morgan fingerprint density at radius 2 is 1.12 bits per heavy atom. The molecule has 0 amide bonds. The maximum absolute atomic E-state index is 7.03. The molecule has 0 N–H and O–H groups in total. The van der Waals surface area contributed by atoms with Crippen LogP contribution in [-0.2, 0) is 0 Å². The summed E-state index contributed by atoms with van der Waals surface area (Å²) in [6.07, 6.45) is 3.01. The fourth-order valence-electron chi connectivity index (χ4n) is 9.98. The second kappa shape index (κ2) is 14.4. The fraction of sp³-hybridized carbons (Fsp3) is 0.0508. The van der Waals surface area contributed by atoms with Crippen molar-refractivity contribution in [2.24, 2.45) is 15.9 Å². The lowest BCUT2D eigenvalue weighted by atomic mass is 9.91. The summed E-state index contributed by atoms with van der Waals surface area (Å²) in [5.74, 6) is 0.673. The molecule has 13 rings (SSSR count). The van der Waals surface area contributed by atoms with Crippen molar-refractivity contribution in [2.75, 3.05) is 0 Å². The molecular formula is C59H39N3O2. The zero-order valence-corrected chi connectivity index (χ0v) is 35.0. The maximum atomic E-state index is 7.03. The molecule has 1 aliphatic rings. The highest BCUT2D eigenvalue weighted by Gasteiger charge is 2.26. The minimum atomic E-state index is 0.0599. The van der Waals surface area contributed by atoms with Crippen LogP contribution in [0.4, 0.5) is 0 Å². The van der Waals surface area contributed by atoms with Crippen molar-refractivity contribution in [1.82, 2.24) is 4.57 Å². The van der Waals surface area contributed by atoms with Gasteiger partial charge in [-0.2, -0.15) is 0 Å². The van der Waals surface area contributed by atoms with Gasteiger partial charge in [-0.25, -0.2) is 9.98 Å². The molecule has 0 bridgehead atoms. The van der Waals surface area contributed by atoms with Crippen LogP contribution in [0.1, 0.15) is 30.0 Å². The van der Waals surface area contributed by atoms with E-state index in [0.717, 1.165) is 101 Å². The molecule has 0 saturated carbocycles. The molecule has 0 fully saturated rings. The molecule has 5 nitrogen and oxygen atoms in total. The Hall–Kier alpha value is -8.28. The zero-order valence-electron chi connectivity index (χ0n) is 35.0. The van der Waals surface area contributed by atoms with E-state index in [1.54, 1.807) is 0 Å². The second-order valence-electron chi connectivity index (χ2n) is 16.9. The van der Waals surface area contributed by atoms with Crippen molar-refractivity contribution < 1.29 is 8.83 Å². The van der Waals surface area contributed by atoms with E-state index in [9.17, 15) is 0 Å². The van der Waals surface area contributed by atoms with Crippen LogP contribution in [0.25, 0.3) is 99.0 Å². The summed E-state index contributed by atoms with van der Waals surface area (Å²) in [6.45, 7) is 2.27. The van der Waals surface area contributed by atoms with Crippen LogP contribution in [0.15, 0.2) is 219 Å². The van der Waals surface area contributed by atoms with Crippen molar-refractivity contribution in [3.63, 3.8) is 0 Å². The molecule has 0 spiro atoms. The molecule has 0 saturated heterocycles. The van der Waals surface area contributed by atoms with Crippen LogP contribution >= 0.6 is 0 Å². The van der Waals surface area contributed by atoms with Crippen LogP contribution in [0.3, 0.4) is 0 Å². The summed E-state index contributed by atoms with van der Waals surface area (Å²) < 4.78 is 16.0. The molecule has 0 aliphatic carbocycles. The van der Waals surface area contributed by atoms with Gasteiger partial charge in [-0.3, -0.25) is 0 Å². The largest absolute Gasteiger partial charge is 0.455 e. The first-order valence-corrected chi connectivity index (χ1v) is 22.0. The van der Waals surface area contributed by atoms with E-state index in [4.69, 9.17) is 18.8 Å². The summed E-state index contributed by atoms with van der Waals surface area (Å²) in [4.78, 5) is 11.3. The summed E-state index contributed by atoms with van der Waals surface area (Å²) >= 11 is 0. The summed E-state index contributed by atoms with van der Waals surface area (Å²) in [5, 5.41) is 8.91. The van der Waals surface area contributed by atoms with Crippen molar-refractivity contribution in [3.8, 4) is 16.8 Å². The lowest BCUT2D eigenvalue weighted by Crippen LogP contribution is -2.17. The number of aromatic nitrogens is 1. The third-order valence-corrected chi connectivity index (χ3v) is 13.1. The highest BCUT2D eigenvalue weighted by Crippen LogP contribution is 2.42. The Kier molecular flexibility index (Phi) is 8.19. The van der Waals surface area contributed by atoms with E-state index in [0.29, 0.717) is 5.84 Å². The van der Waals surface area contributed by atoms with E-state index >= 15 is 0 Å². The number of amidine groups is 1. The number of furan rings is 2. The number of hydrogen-bond donors (Lipinski definition) is 0. The van der Waals surface area contributed by atoms with Crippen molar-refractivity contribution in [2.45, 2.75) is 13.3 Å². The minimum absolute atomic E-state index is 0.0599. The van der Waals surface area contributed by atoms with Gasteiger partial charge < -0.3 is 13.4 Å². The summed E-state index contributed by atoms with van der Waals surface area (Å²) in [7, 11) is 0. The number of hydrogen-bond acceptors (Lipinski definition) is 4. The SMILES string of the molecule is CC1C/C=C(c2cccc3c2oc2ccccc23)/N=C(c2ccc(-n3c4ccccc4c4cc5ccccc5cc43)c3oc4ccccc4c23)\N=C/1c1cccc(-c2ccccc2)c1. The molecule has 9 aromatic carbocycles. The normalized spacial score (nSPS) is 17.1. The van der Waals surface area contributed by atoms with Crippen LogP contribution in [-0.4, -0.2) is 16.1 Å². The van der Waals surface area contributed by atoms with E-state index in [1.165, 1.54) is 27.1 Å². The molecule has 3 aromatic heterocycles. The highest BCUT2D eigenvalue weighted by atomic mass is 16.3. The molecule has 64 heavy (non-hydrogen) atoms. The predicted molar refractivity (Wildman–Crippen MR) is 266 cm³/mol. The number of para-hydroxylation sites is 4. The van der Waals surface area contributed by atoms with E-state index < -0.39 is 0 Å². The van der Waals surface area contributed by atoms with Gasteiger partial charge in [-0.1, -0.05) is 153 Å². The van der Waals surface area contributed by atoms with Crippen LogP contribution in [0.2, 0.25) is 0 Å². The predicted octanol–water partition coefficient (Wildman–Crippen LogP) is 15.7. The number of aliphatic imine (C=N–C) groups is 2. The molecule has 1 unspecified atom stereocenters. The minimum Gasteiger partial charge on any atom is -0.455 e. The maximum Gasteiger partial charge on any atom is 0.160 e. The number of fused-ring (bicyclic) bond motifs is 10. The molecule has 1 aliphatic heterocycles. The number of nitrogens with zero attached hydrogens (tertiary/aromatic N) is 3. The van der Waals surface area contributed by atoms with Crippen LogP contribution in [0.5, 0.6) is 0 Å². The topological polar surface area (TPSA) is 55.9 Å². The Labute approximate surface area is 368 Å². The molecule has 1 atom stereocenters. The average Bonchev–Trinajstić information content (AvgIpc) is 4.03. The molecule has 0 radical (unpaired) electrons. The molecule has 12 aromatic rings. The molecule has 4 heterocycles. The Bertz CT molecular complexity index is 3950. The van der Waals surface area contributed by atoms with E-state index in [2.05, 4.69) is 193 Å². The van der Waals surface area contributed by atoms with Gasteiger partial charge in [0.2, 0.25) is 0 Å². The highest BCUT2D eigenvalue weighted by molar-refractivity contribution is 6.25. The van der Waals surface area contributed by atoms with E-state index in [1.807, 2.05) is 18.2 Å². The average molecular weight is 822 g/mol. The fourth-order valence-corrected chi connectivity index (χ4v) is 9.98. The molecular weight excluding hydrogens is 783 g/mol. The second-order valence-corrected chi connectivity index (χ2v) is 16.9. The Morgan fingerprint density at radius 1 is 0.469 bits per heavy atom. The van der Waals surface area contributed by atoms with E-state index in [-0.39, 0.29) is 5.92 Å². The van der Waals surface area contributed by atoms with Gasteiger partial charge in [0.1, 0.15) is 16.7 Å². The van der Waals surface area contributed by atoms with Gasteiger partial charge in [0, 0.05) is 49.4 Å². The van der Waals surface area contributed by atoms with Gasteiger partial charge in [0.15, 0.2) is 11.4 Å². The molecule has 302 valence electrons.